The van der Waals surface area contributed by atoms with Crippen LogP contribution in [0.4, 0.5) is 0 Å². The Bertz CT molecular complexity index is 417. The van der Waals surface area contributed by atoms with Gasteiger partial charge >= 0.3 is 0 Å². The highest BCUT2D eigenvalue weighted by Gasteiger charge is 2.52. The van der Waals surface area contributed by atoms with Gasteiger partial charge in [-0.2, -0.15) is 0 Å². The van der Waals surface area contributed by atoms with Crippen molar-refractivity contribution in [3.05, 3.63) is 0 Å². The normalized spacial score (nSPS) is 46.6. The van der Waals surface area contributed by atoms with Crippen molar-refractivity contribution in [1.29, 1.82) is 0 Å². The Morgan fingerprint density at radius 2 is 1.44 bits per heavy atom. The summed E-state index contributed by atoms with van der Waals surface area (Å²) >= 11 is 0. The SMILES string of the molecule is O=S(=O)(CC12CC3CC(CC(C3)C1)C2)NC1CC1. The van der Waals surface area contributed by atoms with E-state index in [4.69, 9.17) is 0 Å². The lowest BCUT2D eigenvalue weighted by Crippen LogP contribution is -2.50. The fourth-order valence-electron chi connectivity index (χ4n) is 5.37. The van der Waals surface area contributed by atoms with Gasteiger partial charge in [0.05, 0.1) is 5.75 Å². The Kier molecular flexibility index (Phi) is 2.42. The first kappa shape index (κ1) is 11.7. The van der Waals surface area contributed by atoms with E-state index in [2.05, 4.69) is 4.72 Å². The highest BCUT2D eigenvalue weighted by atomic mass is 32.2. The lowest BCUT2D eigenvalue weighted by molar-refractivity contribution is -0.0391. The Morgan fingerprint density at radius 1 is 0.944 bits per heavy atom. The fraction of sp³-hybridized carbons (Fsp3) is 1.00. The van der Waals surface area contributed by atoms with Gasteiger partial charge in [-0.15, -0.1) is 0 Å². The number of hydrogen-bond acceptors (Lipinski definition) is 2. The smallest absolute Gasteiger partial charge is 0.212 e. The molecule has 0 aromatic heterocycles. The second-order valence-corrected chi connectivity index (χ2v) is 9.32. The van der Waals surface area contributed by atoms with Crippen LogP contribution in [0.1, 0.15) is 51.4 Å². The highest BCUT2D eigenvalue weighted by Crippen LogP contribution is 2.60. The third-order valence-electron chi connectivity index (χ3n) is 5.58. The zero-order valence-electron chi connectivity index (χ0n) is 10.9. The molecule has 5 aliphatic rings. The van der Waals surface area contributed by atoms with E-state index in [9.17, 15) is 8.42 Å². The third-order valence-corrected chi connectivity index (χ3v) is 7.27. The predicted octanol–water partition coefficient (Wildman–Crippen LogP) is 2.28. The molecule has 1 N–H and O–H groups in total. The zero-order chi connectivity index (χ0) is 12.4. The van der Waals surface area contributed by atoms with Crippen molar-refractivity contribution in [2.45, 2.75) is 57.4 Å². The van der Waals surface area contributed by atoms with Gasteiger partial charge in [-0.25, -0.2) is 13.1 Å². The summed E-state index contributed by atoms with van der Waals surface area (Å²) in [6.45, 7) is 0. The summed E-state index contributed by atoms with van der Waals surface area (Å²) in [5, 5.41) is 0. The Hall–Kier alpha value is -0.0900. The molecule has 4 bridgehead atoms. The maximum absolute atomic E-state index is 12.3. The van der Waals surface area contributed by atoms with Crippen molar-refractivity contribution in [2.24, 2.45) is 23.2 Å². The van der Waals surface area contributed by atoms with Gasteiger partial charge in [0.25, 0.3) is 0 Å². The summed E-state index contributed by atoms with van der Waals surface area (Å²) in [5.41, 5.74) is 0.148. The molecule has 0 saturated heterocycles. The van der Waals surface area contributed by atoms with Crippen LogP contribution in [0, 0.1) is 23.2 Å². The standard InChI is InChI=1S/C14H23NO2S/c16-18(17,15-13-1-2-13)9-14-6-10-3-11(7-14)5-12(4-10)8-14/h10-13,15H,1-9H2. The largest absolute Gasteiger partial charge is 0.212 e. The van der Waals surface area contributed by atoms with Crippen molar-refractivity contribution >= 4 is 10.0 Å². The van der Waals surface area contributed by atoms with Gasteiger partial charge in [0.15, 0.2) is 0 Å². The minimum absolute atomic E-state index is 0.148. The van der Waals surface area contributed by atoms with Crippen LogP contribution in [-0.2, 0) is 10.0 Å². The molecule has 4 heteroatoms. The van der Waals surface area contributed by atoms with E-state index in [1.807, 2.05) is 0 Å². The third kappa shape index (κ3) is 2.11. The molecule has 5 fully saturated rings. The maximum atomic E-state index is 12.3. The molecule has 3 nitrogen and oxygen atoms in total. The molecular weight excluding hydrogens is 246 g/mol. The Balaban J connectivity index is 1.53. The Morgan fingerprint density at radius 3 is 1.89 bits per heavy atom. The molecule has 0 aromatic carbocycles. The van der Waals surface area contributed by atoms with E-state index in [1.165, 1.54) is 38.5 Å². The molecule has 0 radical (unpaired) electrons. The molecule has 18 heavy (non-hydrogen) atoms. The average Bonchev–Trinajstić information content (AvgIpc) is 2.95. The van der Waals surface area contributed by atoms with E-state index in [-0.39, 0.29) is 11.5 Å². The van der Waals surface area contributed by atoms with Crippen LogP contribution < -0.4 is 4.72 Å². The second-order valence-electron chi connectivity index (χ2n) is 7.57. The van der Waals surface area contributed by atoms with E-state index in [0.717, 1.165) is 30.6 Å². The second kappa shape index (κ2) is 3.72. The predicted molar refractivity (Wildman–Crippen MR) is 70.5 cm³/mol. The van der Waals surface area contributed by atoms with E-state index in [1.54, 1.807) is 0 Å². The molecule has 0 amide bonds. The number of hydrogen-bond donors (Lipinski definition) is 1. The van der Waals surface area contributed by atoms with Crippen LogP contribution in [0.2, 0.25) is 0 Å². The van der Waals surface area contributed by atoms with Crippen molar-refractivity contribution in [1.82, 2.24) is 4.72 Å². The average molecular weight is 269 g/mol. The molecule has 102 valence electrons. The van der Waals surface area contributed by atoms with Gasteiger partial charge in [-0.1, -0.05) is 0 Å². The van der Waals surface area contributed by atoms with Crippen molar-refractivity contribution in [3.63, 3.8) is 0 Å². The summed E-state index contributed by atoms with van der Waals surface area (Å²) < 4.78 is 27.4. The molecule has 5 rings (SSSR count). The molecule has 5 aliphatic carbocycles. The number of rotatable bonds is 4. The highest BCUT2D eigenvalue weighted by molar-refractivity contribution is 7.89. The Labute approximate surface area is 110 Å². The van der Waals surface area contributed by atoms with Gasteiger partial charge in [0.1, 0.15) is 0 Å². The molecule has 0 atom stereocenters. The van der Waals surface area contributed by atoms with Crippen molar-refractivity contribution in [2.75, 3.05) is 5.75 Å². The minimum atomic E-state index is -3.03. The molecule has 0 spiro atoms. The van der Waals surface area contributed by atoms with Crippen LogP contribution in [0.25, 0.3) is 0 Å². The summed E-state index contributed by atoms with van der Waals surface area (Å²) in [4.78, 5) is 0. The monoisotopic (exact) mass is 269 g/mol. The van der Waals surface area contributed by atoms with Crippen LogP contribution in [0.3, 0.4) is 0 Å². The van der Waals surface area contributed by atoms with Crippen LogP contribution in [0.15, 0.2) is 0 Å². The lowest BCUT2D eigenvalue weighted by Gasteiger charge is -2.56. The first-order valence-corrected chi connectivity index (χ1v) is 9.17. The van der Waals surface area contributed by atoms with Gasteiger partial charge in [0.2, 0.25) is 10.0 Å². The fourth-order valence-corrected chi connectivity index (χ4v) is 7.35. The summed E-state index contributed by atoms with van der Waals surface area (Å²) in [5.74, 6) is 2.94. The summed E-state index contributed by atoms with van der Waals surface area (Å²) in [6, 6.07) is 0.268. The minimum Gasteiger partial charge on any atom is -0.212 e. The van der Waals surface area contributed by atoms with Gasteiger partial charge < -0.3 is 0 Å². The summed E-state index contributed by atoms with van der Waals surface area (Å²) in [7, 11) is -3.03. The molecule has 0 aromatic rings. The van der Waals surface area contributed by atoms with E-state index in [0.29, 0.717) is 5.75 Å². The molecule has 0 unspecified atom stereocenters. The van der Waals surface area contributed by atoms with Crippen LogP contribution >= 0.6 is 0 Å². The quantitative estimate of drug-likeness (QED) is 0.851. The number of sulfonamides is 1. The molecule has 0 aliphatic heterocycles. The van der Waals surface area contributed by atoms with E-state index < -0.39 is 10.0 Å². The van der Waals surface area contributed by atoms with Crippen molar-refractivity contribution < 1.29 is 8.42 Å². The van der Waals surface area contributed by atoms with Crippen LogP contribution in [0.5, 0.6) is 0 Å². The van der Waals surface area contributed by atoms with Gasteiger partial charge in [-0.05, 0) is 74.5 Å². The van der Waals surface area contributed by atoms with Gasteiger partial charge in [-0.3, -0.25) is 0 Å². The topological polar surface area (TPSA) is 46.2 Å². The van der Waals surface area contributed by atoms with Gasteiger partial charge in [0, 0.05) is 6.04 Å². The zero-order valence-corrected chi connectivity index (χ0v) is 11.7. The first-order chi connectivity index (χ1) is 8.52. The molecule has 5 saturated carbocycles. The molecular formula is C14H23NO2S. The summed E-state index contributed by atoms with van der Waals surface area (Å²) in [6.07, 6.45) is 9.79. The number of nitrogens with one attached hydrogen (secondary N) is 1. The van der Waals surface area contributed by atoms with Crippen LogP contribution in [-0.4, -0.2) is 20.2 Å². The molecule has 0 heterocycles. The van der Waals surface area contributed by atoms with Crippen molar-refractivity contribution in [3.8, 4) is 0 Å². The maximum Gasteiger partial charge on any atom is 0.212 e. The van der Waals surface area contributed by atoms with E-state index >= 15 is 0 Å². The first-order valence-electron chi connectivity index (χ1n) is 7.52. The lowest BCUT2D eigenvalue weighted by atomic mass is 9.50.